The predicted octanol–water partition coefficient (Wildman–Crippen LogP) is 2.40. The molecule has 11 heteroatoms. The molecule has 1 fully saturated rings. The van der Waals surface area contributed by atoms with Crippen molar-refractivity contribution in [3.8, 4) is 10.7 Å². The summed E-state index contributed by atoms with van der Waals surface area (Å²) in [7, 11) is -3.16. The minimum Gasteiger partial charge on any atom is -0.337 e. The Morgan fingerprint density at radius 2 is 2.13 bits per heavy atom. The Morgan fingerprint density at radius 3 is 2.87 bits per heavy atom. The number of carbonyl (C=O) groups is 2. The van der Waals surface area contributed by atoms with Gasteiger partial charge in [-0.1, -0.05) is 6.07 Å². The van der Waals surface area contributed by atoms with E-state index in [1.807, 2.05) is 23.6 Å². The fourth-order valence-corrected chi connectivity index (χ4v) is 6.17. The number of aromatic amines is 1. The third-order valence-electron chi connectivity index (χ3n) is 5.37. The summed E-state index contributed by atoms with van der Waals surface area (Å²) in [5.74, 6) is 0.0382. The molecule has 2 aliphatic rings. The van der Waals surface area contributed by atoms with E-state index < -0.39 is 21.8 Å². The first-order valence-electron chi connectivity index (χ1n) is 9.83. The van der Waals surface area contributed by atoms with Crippen molar-refractivity contribution in [2.45, 2.75) is 25.3 Å². The summed E-state index contributed by atoms with van der Waals surface area (Å²) >= 11 is 1.59. The molecule has 1 saturated heterocycles. The van der Waals surface area contributed by atoms with Gasteiger partial charge >= 0.3 is 0 Å². The van der Waals surface area contributed by atoms with Crippen LogP contribution in [0.3, 0.4) is 0 Å². The summed E-state index contributed by atoms with van der Waals surface area (Å²) in [5.41, 5.74) is 2.37. The molecule has 1 atom stereocenters. The SMILES string of the molecule is O=C(Nc1ccc2nc(-c3cccs3)[nH]c2c1)C1=NN(C2CCS(=O)(=O)C2)C(=O)CC1. The van der Waals surface area contributed by atoms with Crippen molar-refractivity contribution in [2.75, 3.05) is 16.8 Å². The Kier molecular flexibility index (Phi) is 4.86. The van der Waals surface area contributed by atoms with Crippen molar-refractivity contribution in [1.29, 1.82) is 0 Å². The molecule has 2 aliphatic heterocycles. The van der Waals surface area contributed by atoms with Gasteiger partial charge in [0.25, 0.3) is 5.91 Å². The van der Waals surface area contributed by atoms with E-state index in [-0.39, 0.29) is 36.0 Å². The smallest absolute Gasteiger partial charge is 0.271 e. The van der Waals surface area contributed by atoms with Crippen LogP contribution in [0.4, 0.5) is 5.69 Å². The molecule has 0 saturated carbocycles. The van der Waals surface area contributed by atoms with Gasteiger partial charge in [-0.25, -0.2) is 18.4 Å². The number of rotatable bonds is 4. The zero-order valence-electron chi connectivity index (χ0n) is 16.4. The number of anilines is 1. The molecule has 31 heavy (non-hydrogen) atoms. The maximum Gasteiger partial charge on any atom is 0.271 e. The molecule has 0 radical (unpaired) electrons. The van der Waals surface area contributed by atoms with Crippen molar-refractivity contribution in [2.24, 2.45) is 5.10 Å². The van der Waals surface area contributed by atoms with Gasteiger partial charge in [-0.3, -0.25) is 9.59 Å². The van der Waals surface area contributed by atoms with E-state index in [1.165, 1.54) is 5.01 Å². The lowest BCUT2D eigenvalue weighted by Crippen LogP contribution is -2.42. The quantitative estimate of drug-likeness (QED) is 0.622. The van der Waals surface area contributed by atoms with E-state index in [0.29, 0.717) is 12.1 Å². The number of nitrogens with one attached hydrogen (secondary N) is 2. The fourth-order valence-electron chi connectivity index (χ4n) is 3.81. The van der Waals surface area contributed by atoms with E-state index in [1.54, 1.807) is 23.5 Å². The van der Waals surface area contributed by atoms with Crippen LogP contribution in [0.5, 0.6) is 0 Å². The van der Waals surface area contributed by atoms with Gasteiger partial charge in [0.1, 0.15) is 11.5 Å². The third-order valence-corrected chi connectivity index (χ3v) is 8.00. The Labute approximate surface area is 182 Å². The Morgan fingerprint density at radius 1 is 1.26 bits per heavy atom. The molecule has 4 heterocycles. The molecular weight excluding hydrogens is 438 g/mol. The highest BCUT2D eigenvalue weighted by molar-refractivity contribution is 7.91. The monoisotopic (exact) mass is 457 g/mol. The van der Waals surface area contributed by atoms with Crippen molar-refractivity contribution in [3.63, 3.8) is 0 Å². The summed E-state index contributed by atoms with van der Waals surface area (Å²) in [4.78, 5) is 33.9. The maximum atomic E-state index is 12.8. The summed E-state index contributed by atoms with van der Waals surface area (Å²) in [6, 6.07) is 8.81. The van der Waals surface area contributed by atoms with Crippen LogP contribution >= 0.6 is 11.3 Å². The fraction of sp³-hybridized carbons (Fsp3) is 0.300. The molecule has 0 spiro atoms. The van der Waals surface area contributed by atoms with Crippen LogP contribution in [0.15, 0.2) is 40.8 Å². The number of fused-ring (bicyclic) bond motifs is 1. The lowest BCUT2D eigenvalue weighted by atomic mass is 10.1. The van der Waals surface area contributed by atoms with Gasteiger partial charge in [0, 0.05) is 18.5 Å². The van der Waals surface area contributed by atoms with Crippen molar-refractivity contribution in [1.82, 2.24) is 15.0 Å². The van der Waals surface area contributed by atoms with Gasteiger partial charge < -0.3 is 10.3 Å². The van der Waals surface area contributed by atoms with E-state index in [2.05, 4.69) is 20.4 Å². The van der Waals surface area contributed by atoms with Crippen molar-refractivity contribution in [3.05, 3.63) is 35.7 Å². The first-order chi connectivity index (χ1) is 14.9. The molecule has 160 valence electrons. The van der Waals surface area contributed by atoms with E-state index in [4.69, 9.17) is 0 Å². The van der Waals surface area contributed by atoms with Crippen LogP contribution in [-0.2, 0) is 19.4 Å². The standard InChI is InChI=1S/C20H19N5O4S2/c26-18-6-5-15(24-25(18)13-7-9-31(28,29)11-13)20(27)21-12-3-4-14-16(10-12)23-19(22-14)17-2-1-8-30-17/h1-4,8,10,13H,5-7,9,11H2,(H,21,27)(H,22,23). The van der Waals surface area contributed by atoms with Gasteiger partial charge in [-0.2, -0.15) is 5.10 Å². The number of hydrogen-bond donors (Lipinski definition) is 2. The number of hydrazone groups is 1. The molecule has 3 aromatic rings. The zero-order valence-corrected chi connectivity index (χ0v) is 18.0. The Hall–Kier alpha value is -3.05. The molecule has 2 N–H and O–H groups in total. The van der Waals surface area contributed by atoms with Crippen LogP contribution in [0.25, 0.3) is 21.7 Å². The molecule has 1 aromatic carbocycles. The van der Waals surface area contributed by atoms with Gasteiger partial charge in [-0.05, 0) is 36.1 Å². The highest BCUT2D eigenvalue weighted by atomic mass is 32.2. The van der Waals surface area contributed by atoms with E-state index in [9.17, 15) is 18.0 Å². The minimum atomic E-state index is -3.16. The molecular formula is C20H19N5O4S2. The number of hydrogen-bond acceptors (Lipinski definition) is 7. The van der Waals surface area contributed by atoms with Gasteiger partial charge in [0.05, 0.1) is 33.5 Å². The topological polar surface area (TPSA) is 125 Å². The number of benzene rings is 1. The summed E-state index contributed by atoms with van der Waals surface area (Å²) in [6.07, 6.45) is 0.692. The van der Waals surface area contributed by atoms with Gasteiger partial charge in [0.2, 0.25) is 5.91 Å². The first-order valence-corrected chi connectivity index (χ1v) is 12.5. The Balaban J connectivity index is 1.35. The molecule has 2 aromatic heterocycles. The Bertz CT molecular complexity index is 1310. The number of thiophene rings is 1. The summed E-state index contributed by atoms with van der Waals surface area (Å²) in [5, 5.41) is 10.2. The number of carbonyl (C=O) groups excluding carboxylic acids is 2. The molecule has 0 bridgehead atoms. The minimum absolute atomic E-state index is 0.0379. The van der Waals surface area contributed by atoms with Crippen LogP contribution < -0.4 is 5.32 Å². The summed E-state index contributed by atoms with van der Waals surface area (Å²) < 4.78 is 23.5. The molecule has 5 rings (SSSR count). The number of sulfone groups is 1. The number of nitrogens with zero attached hydrogens (tertiary/aromatic N) is 3. The zero-order chi connectivity index (χ0) is 21.6. The van der Waals surface area contributed by atoms with Crippen molar-refractivity contribution >= 4 is 55.4 Å². The molecule has 1 unspecified atom stereocenters. The normalized spacial score (nSPS) is 20.8. The van der Waals surface area contributed by atoms with Gasteiger partial charge in [-0.15, -0.1) is 11.3 Å². The van der Waals surface area contributed by atoms with Crippen molar-refractivity contribution < 1.29 is 18.0 Å². The maximum absolute atomic E-state index is 12.8. The van der Waals surface area contributed by atoms with Crippen LogP contribution in [0.1, 0.15) is 19.3 Å². The molecule has 0 aliphatic carbocycles. The van der Waals surface area contributed by atoms with E-state index in [0.717, 1.165) is 21.7 Å². The predicted molar refractivity (Wildman–Crippen MR) is 119 cm³/mol. The lowest BCUT2D eigenvalue weighted by Gasteiger charge is -2.27. The number of H-pyrrole nitrogens is 1. The number of imidazole rings is 1. The molecule has 9 nitrogen and oxygen atoms in total. The second kappa shape index (κ2) is 7.57. The average Bonchev–Trinajstić information content (AvgIpc) is 3.47. The summed E-state index contributed by atoms with van der Waals surface area (Å²) in [6.45, 7) is 0. The van der Waals surface area contributed by atoms with Gasteiger partial charge in [0.15, 0.2) is 9.84 Å². The second-order valence-corrected chi connectivity index (χ2v) is 10.8. The first kappa shape index (κ1) is 19.9. The number of aromatic nitrogens is 2. The number of amides is 2. The van der Waals surface area contributed by atoms with Crippen LogP contribution in [-0.4, -0.2) is 58.5 Å². The average molecular weight is 458 g/mol. The van der Waals surface area contributed by atoms with E-state index >= 15 is 0 Å². The third kappa shape index (κ3) is 3.98. The second-order valence-electron chi connectivity index (χ2n) is 7.59. The molecule has 2 amide bonds. The van der Waals surface area contributed by atoms with Crippen LogP contribution in [0.2, 0.25) is 0 Å². The van der Waals surface area contributed by atoms with Crippen LogP contribution in [0, 0.1) is 0 Å². The highest BCUT2D eigenvalue weighted by Gasteiger charge is 2.37. The largest absolute Gasteiger partial charge is 0.337 e. The highest BCUT2D eigenvalue weighted by Crippen LogP contribution is 2.26. The lowest BCUT2D eigenvalue weighted by molar-refractivity contribution is -0.133.